The smallest absolute Gasteiger partial charge is 0.241 e. The highest BCUT2D eigenvalue weighted by Gasteiger charge is 2.14. The van der Waals surface area contributed by atoms with E-state index in [1.807, 2.05) is 6.92 Å². The van der Waals surface area contributed by atoms with Crippen molar-refractivity contribution in [3.8, 4) is 5.69 Å². The summed E-state index contributed by atoms with van der Waals surface area (Å²) in [6.07, 6.45) is 3.52. The third-order valence-corrected chi connectivity index (χ3v) is 2.89. The van der Waals surface area contributed by atoms with Gasteiger partial charge >= 0.3 is 0 Å². The number of aromatic nitrogens is 3. The van der Waals surface area contributed by atoms with Crippen LogP contribution in [0.15, 0.2) is 30.9 Å². The molecule has 3 N–H and O–H groups in total. The second-order valence-corrected chi connectivity index (χ2v) is 4.44. The molecule has 2 rings (SSSR count). The SMILES string of the molecule is CCC(N)C(=O)Nc1cc(Cl)ccc1-n1cncn1. The Balaban J connectivity index is 2.33. The molecule has 2 aromatic rings. The zero-order valence-electron chi connectivity index (χ0n) is 10.4. The Hall–Kier alpha value is -1.92. The van der Waals surface area contributed by atoms with Gasteiger partial charge in [-0.05, 0) is 24.6 Å². The molecule has 1 aromatic heterocycles. The molecule has 0 radical (unpaired) electrons. The van der Waals surface area contributed by atoms with Crippen molar-refractivity contribution >= 4 is 23.2 Å². The van der Waals surface area contributed by atoms with Gasteiger partial charge in [-0.1, -0.05) is 18.5 Å². The van der Waals surface area contributed by atoms with Crippen LogP contribution in [-0.2, 0) is 4.79 Å². The number of benzene rings is 1. The molecule has 0 aliphatic heterocycles. The lowest BCUT2D eigenvalue weighted by atomic mass is 10.2. The number of halogens is 1. The van der Waals surface area contributed by atoms with Crippen molar-refractivity contribution in [3.05, 3.63) is 35.9 Å². The maximum Gasteiger partial charge on any atom is 0.241 e. The van der Waals surface area contributed by atoms with Gasteiger partial charge in [-0.2, -0.15) is 5.10 Å². The summed E-state index contributed by atoms with van der Waals surface area (Å²) in [5.41, 5.74) is 6.92. The Bertz CT molecular complexity index is 570. The Morgan fingerprint density at radius 2 is 2.37 bits per heavy atom. The molecular formula is C12H14ClN5O. The summed E-state index contributed by atoms with van der Waals surface area (Å²) in [4.78, 5) is 15.7. The van der Waals surface area contributed by atoms with E-state index in [1.54, 1.807) is 29.2 Å². The van der Waals surface area contributed by atoms with Crippen molar-refractivity contribution in [1.82, 2.24) is 14.8 Å². The Labute approximate surface area is 115 Å². The van der Waals surface area contributed by atoms with Crippen LogP contribution >= 0.6 is 11.6 Å². The molecule has 0 spiro atoms. The van der Waals surface area contributed by atoms with E-state index in [1.165, 1.54) is 6.33 Å². The van der Waals surface area contributed by atoms with Crippen LogP contribution in [0.5, 0.6) is 0 Å². The second-order valence-electron chi connectivity index (χ2n) is 4.01. The highest BCUT2D eigenvalue weighted by atomic mass is 35.5. The van der Waals surface area contributed by atoms with Crippen molar-refractivity contribution in [2.45, 2.75) is 19.4 Å². The number of carbonyl (C=O) groups excluding carboxylic acids is 1. The van der Waals surface area contributed by atoms with E-state index in [9.17, 15) is 4.79 Å². The molecule has 100 valence electrons. The van der Waals surface area contributed by atoms with Crippen molar-refractivity contribution < 1.29 is 4.79 Å². The van der Waals surface area contributed by atoms with E-state index in [0.717, 1.165) is 0 Å². The Kier molecular flexibility index (Phi) is 4.13. The maximum absolute atomic E-state index is 11.9. The topological polar surface area (TPSA) is 85.8 Å². The fourth-order valence-electron chi connectivity index (χ4n) is 1.55. The minimum absolute atomic E-state index is 0.258. The fraction of sp³-hybridized carbons (Fsp3) is 0.250. The van der Waals surface area contributed by atoms with Crippen molar-refractivity contribution in [2.24, 2.45) is 5.73 Å². The van der Waals surface area contributed by atoms with Gasteiger partial charge in [0.05, 0.1) is 17.4 Å². The summed E-state index contributed by atoms with van der Waals surface area (Å²) in [7, 11) is 0. The molecule has 0 aliphatic rings. The first-order chi connectivity index (χ1) is 9.11. The molecule has 1 amide bonds. The summed E-state index contributed by atoms with van der Waals surface area (Å²) in [5, 5.41) is 7.30. The predicted octanol–water partition coefficient (Wildman–Crippen LogP) is 1.60. The molecule has 0 aliphatic carbocycles. The van der Waals surface area contributed by atoms with E-state index in [-0.39, 0.29) is 5.91 Å². The van der Waals surface area contributed by atoms with E-state index in [2.05, 4.69) is 15.4 Å². The normalized spacial score (nSPS) is 12.2. The number of hydrogen-bond acceptors (Lipinski definition) is 4. The van der Waals surface area contributed by atoms with E-state index >= 15 is 0 Å². The van der Waals surface area contributed by atoms with Gasteiger partial charge in [-0.3, -0.25) is 4.79 Å². The highest BCUT2D eigenvalue weighted by Crippen LogP contribution is 2.24. The minimum Gasteiger partial charge on any atom is -0.323 e. The molecule has 0 saturated carbocycles. The van der Waals surface area contributed by atoms with Crippen LogP contribution < -0.4 is 11.1 Å². The zero-order chi connectivity index (χ0) is 13.8. The van der Waals surface area contributed by atoms with Gasteiger partial charge in [0.25, 0.3) is 0 Å². The molecule has 0 saturated heterocycles. The quantitative estimate of drug-likeness (QED) is 0.890. The Morgan fingerprint density at radius 1 is 1.58 bits per heavy atom. The molecule has 7 heteroatoms. The van der Waals surface area contributed by atoms with Gasteiger partial charge in [-0.25, -0.2) is 9.67 Å². The maximum atomic E-state index is 11.9. The van der Waals surface area contributed by atoms with E-state index in [0.29, 0.717) is 22.8 Å². The number of nitrogens with zero attached hydrogens (tertiary/aromatic N) is 3. The monoisotopic (exact) mass is 279 g/mol. The van der Waals surface area contributed by atoms with Crippen LogP contribution in [0, 0.1) is 0 Å². The molecule has 19 heavy (non-hydrogen) atoms. The molecular weight excluding hydrogens is 266 g/mol. The van der Waals surface area contributed by atoms with Crippen molar-refractivity contribution in [2.75, 3.05) is 5.32 Å². The summed E-state index contributed by atoms with van der Waals surface area (Å²) in [6, 6.07) is 4.57. The largest absolute Gasteiger partial charge is 0.323 e. The molecule has 0 bridgehead atoms. The van der Waals surface area contributed by atoms with Crippen LogP contribution in [0.2, 0.25) is 5.02 Å². The standard InChI is InChI=1S/C12H14ClN5O/c1-2-9(14)12(19)17-10-5-8(13)3-4-11(10)18-7-15-6-16-18/h3-7,9H,2,14H2,1H3,(H,17,19). The molecule has 1 unspecified atom stereocenters. The highest BCUT2D eigenvalue weighted by molar-refractivity contribution is 6.31. The lowest BCUT2D eigenvalue weighted by Gasteiger charge is -2.14. The minimum atomic E-state index is -0.553. The lowest BCUT2D eigenvalue weighted by molar-refractivity contribution is -0.117. The number of amides is 1. The van der Waals surface area contributed by atoms with Crippen molar-refractivity contribution in [1.29, 1.82) is 0 Å². The second kappa shape index (κ2) is 5.81. The molecule has 6 nitrogen and oxygen atoms in total. The summed E-state index contributed by atoms with van der Waals surface area (Å²) < 4.78 is 1.55. The average molecular weight is 280 g/mol. The Morgan fingerprint density at radius 3 is 3.00 bits per heavy atom. The van der Waals surface area contributed by atoms with Crippen LogP contribution in [0.4, 0.5) is 5.69 Å². The van der Waals surface area contributed by atoms with Crippen LogP contribution in [0.1, 0.15) is 13.3 Å². The third kappa shape index (κ3) is 3.10. The van der Waals surface area contributed by atoms with Crippen LogP contribution in [0.3, 0.4) is 0 Å². The number of carbonyl (C=O) groups is 1. The fourth-order valence-corrected chi connectivity index (χ4v) is 1.72. The number of hydrogen-bond donors (Lipinski definition) is 2. The number of nitrogens with one attached hydrogen (secondary N) is 1. The van der Waals surface area contributed by atoms with Gasteiger partial charge < -0.3 is 11.1 Å². The lowest BCUT2D eigenvalue weighted by Crippen LogP contribution is -2.35. The van der Waals surface area contributed by atoms with E-state index in [4.69, 9.17) is 17.3 Å². The molecule has 0 fully saturated rings. The van der Waals surface area contributed by atoms with Gasteiger partial charge in [0, 0.05) is 5.02 Å². The third-order valence-electron chi connectivity index (χ3n) is 2.66. The van der Waals surface area contributed by atoms with Crippen LogP contribution in [-0.4, -0.2) is 26.7 Å². The van der Waals surface area contributed by atoms with Crippen molar-refractivity contribution in [3.63, 3.8) is 0 Å². The molecule has 1 atom stereocenters. The van der Waals surface area contributed by atoms with Gasteiger partial charge in [-0.15, -0.1) is 0 Å². The molecule has 1 aromatic carbocycles. The first-order valence-corrected chi connectivity index (χ1v) is 6.20. The van der Waals surface area contributed by atoms with Gasteiger partial charge in [0.15, 0.2) is 0 Å². The zero-order valence-corrected chi connectivity index (χ0v) is 11.1. The summed E-state index contributed by atoms with van der Waals surface area (Å²) in [6.45, 7) is 1.85. The van der Waals surface area contributed by atoms with Crippen LogP contribution in [0.25, 0.3) is 5.69 Å². The van der Waals surface area contributed by atoms with Gasteiger partial charge in [0.1, 0.15) is 12.7 Å². The number of nitrogens with two attached hydrogens (primary N) is 1. The molecule has 1 heterocycles. The van der Waals surface area contributed by atoms with Gasteiger partial charge in [0.2, 0.25) is 5.91 Å². The number of anilines is 1. The summed E-state index contributed by atoms with van der Waals surface area (Å²) >= 11 is 5.95. The summed E-state index contributed by atoms with van der Waals surface area (Å²) in [5.74, 6) is -0.258. The van der Waals surface area contributed by atoms with E-state index < -0.39 is 6.04 Å². The first-order valence-electron chi connectivity index (χ1n) is 5.82. The predicted molar refractivity (Wildman–Crippen MR) is 73.3 cm³/mol. The number of rotatable bonds is 4. The first kappa shape index (κ1) is 13.5. The average Bonchev–Trinajstić information content (AvgIpc) is 2.91.